The number of carbonyl (C=O) groups excluding carboxylic acids is 3. The zero-order valence-corrected chi connectivity index (χ0v) is 25.5. The van der Waals surface area contributed by atoms with Crippen molar-refractivity contribution < 1.29 is 37.0 Å². The Morgan fingerprint density at radius 1 is 1.02 bits per heavy atom. The smallest absolute Gasteiger partial charge is 0.384 e. The predicted molar refractivity (Wildman–Crippen MR) is 154 cm³/mol. The summed E-state index contributed by atoms with van der Waals surface area (Å²) in [5.74, 6) is -3.62. The van der Waals surface area contributed by atoms with Crippen LogP contribution in [0, 0.1) is 0 Å². The summed E-state index contributed by atoms with van der Waals surface area (Å²) in [7, 11) is -3.52. The molecule has 3 aromatic rings. The van der Waals surface area contributed by atoms with Crippen LogP contribution in [0.15, 0.2) is 59.5 Å². The molecule has 1 amide bonds. The van der Waals surface area contributed by atoms with Crippen LogP contribution in [0.25, 0.3) is 0 Å². The van der Waals surface area contributed by atoms with Gasteiger partial charge in [0.1, 0.15) is 17.3 Å². The van der Waals surface area contributed by atoms with E-state index in [0.717, 1.165) is 13.2 Å². The fourth-order valence-corrected chi connectivity index (χ4v) is 6.68. The van der Waals surface area contributed by atoms with E-state index in [-0.39, 0.29) is 39.8 Å². The second-order valence-corrected chi connectivity index (χ2v) is 12.8. The topological polar surface area (TPSA) is 116 Å². The minimum absolute atomic E-state index is 0.106. The standard InChI is InChI=1S/C27H21Cl4NO8S/c1-14(2)17-11-16(40-27(30,31)26(35)39-13-15-7-5-4-6-8-15)12-20-21(17)24(33)32(41(20,36)37)19-10-9-18(28)22(23(19)29)25(34)38-3/h4-12,14H,13H2,1-3H3. The summed E-state index contributed by atoms with van der Waals surface area (Å²) in [5, 5.41) is -0.510. The van der Waals surface area contributed by atoms with Crippen molar-refractivity contribution in [3.05, 3.63) is 86.9 Å². The SMILES string of the molecule is COC(=O)c1c(Cl)ccc(N2C(=O)c3c(C(C)C)cc(OC(Cl)(Cl)C(=O)OCc4ccccc4)cc3S2(=O)=O)c1Cl. The number of halogens is 4. The van der Waals surface area contributed by atoms with Crippen LogP contribution in [0.4, 0.5) is 5.69 Å². The first kappa shape index (κ1) is 30.9. The van der Waals surface area contributed by atoms with Gasteiger partial charge in [-0.3, -0.25) is 4.79 Å². The molecule has 216 valence electrons. The number of esters is 2. The number of rotatable bonds is 8. The van der Waals surface area contributed by atoms with Crippen molar-refractivity contribution in [3.63, 3.8) is 0 Å². The first-order valence-electron chi connectivity index (χ1n) is 11.8. The van der Waals surface area contributed by atoms with Crippen molar-refractivity contribution in [1.82, 2.24) is 0 Å². The summed E-state index contributed by atoms with van der Waals surface area (Å²) in [4.78, 5) is 38.1. The van der Waals surface area contributed by atoms with Gasteiger partial charge in [0.15, 0.2) is 0 Å². The molecule has 1 aliphatic rings. The molecule has 14 heteroatoms. The Bertz CT molecular complexity index is 1660. The average Bonchev–Trinajstić information content (AvgIpc) is 3.11. The maximum absolute atomic E-state index is 13.8. The van der Waals surface area contributed by atoms with Crippen molar-refractivity contribution in [2.24, 2.45) is 0 Å². The van der Waals surface area contributed by atoms with Crippen molar-refractivity contribution in [3.8, 4) is 5.75 Å². The fraction of sp³-hybridized carbons (Fsp3) is 0.222. The summed E-state index contributed by atoms with van der Waals surface area (Å²) in [6.45, 7) is 3.30. The molecule has 0 saturated carbocycles. The molecular formula is C27H21Cl4NO8S. The number of ether oxygens (including phenoxy) is 3. The van der Waals surface area contributed by atoms with Gasteiger partial charge in [-0.25, -0.2) is 18.0 Å². The van der Waals surface area contributed by atoms with Crippen LogP contribution in [0.2, 0.25) is 10.0 Å². The molecule has 41 heavy (non-hydrogen) atoms. The van der Waals surface area contributed by atoms with Gasteiger partial charge in [0.2, 0.25) is 0 Å². The maximum Gasteiger partial charge on any atom is 0.384 e. The number of hydrogen-bond donors (Lipinski definition) is 0. The lowest BCUT2D eigenvalue weighted by Gasteiger charge is -2.21. The number of sulfonamides is 1. The third-order valence-corrected chi connectivity index (χ3v) is 8.90. The molecular weight excluding hydrogens is 640 g/mol. The predicted octanol–water partition coefficient (Wildman–Crippen LogP) is 6.51. The number of nitrogens with zero attached hydrogens (tertiary/aromatic N) is 1. The zero-order valence-electron chi connectivity index (χ0n) is 21.6. The number of methoxy groups -OCH3 is 1. The highest BCUT2D eigenvalue weighted by atomic mass is 35.5. The highest BCUT2D eigenvalue weighted by Gasteiger charge is 2.47. The van der Waals surface area contributed by atoms with Crippen LogP contribution >= 0.6 is 46.4 Å². The van der Waals surface area contributed by atoms with Gasteiger partial charge in [-0.05, 0) is 58.4 Å². The highest BCUT2D eigenvalue weighted by Crippen LogP contribution is 2.45. The van der Waals surface area contributed by atoms with E-state index in [4.69, 9.17) is 60.6 Å². The van der Waals surface area contributed by atoms with Gasteiger partial charge in [-0.1, -0.05) is 67.4 Å². The molecule has 0 saturated heterocycles. The van der Waals surface area contributed by atoms with Gasteiger partial charge in [-0.15, -0.1) is 0 Å². The Morgan fingerprint density at radius 2 is 1.68 bits per heavy atom. The van der Waals surface area contributed by atoms with E-state index in [1.165, 1.54) is 18.2 Å². The molecule has 0 N–H and O–H groups in total. The molecule has 0 radical (unpaired) electrons. The monoisotopic (exact) mass is 659 g/mol. The van der Waals surface area contributed by atoms with E-state index in [1.807, 2.05) is 0 Å². The molecule has 1 aliphatic heterocycles. The van der Waals surface area contributed by atoms with E-state index >= 15 is 0 Å². The summed E-state index contributed by atoms with van der Waals surface area (Å²) < 4.78 is 40.8. The van der Waals surface area contributed by atoms with Crippen LogP contribution in [0.3, 0.4) is 0 Å². The molecule has 0 aliphatic carbocycles. The molecule has 0 spiro atoms. The van der Waals surface area contributed by atoms with Crippen LogP contribution in [0.1, 0.15) is 51.6 Å². The van der Waals surface area contributed by atoms with Crippen LogP contribution in [-0.2, 0) is 30.9 Å². The van der Waals surface area contributed by atoms with Crippen molar-refractivity contribution in [1.29, 1.82) is 0 Å². The normalized spacial score (nSPS) is 14.1. The molecule has 0 unspecified atom stereocenters. The summed E-state index contributed by atoms with van der Waals surface area (Å²) in [5.41, 5.74) is 0.144. The molecule has 4 rings (SSSR count). The highest BCUT2D eigenvalue weighted by molar-refractivity contribution is 7.94. The van der Waals surface area contributed by atoms with Gasteiger partial charge in [0, 0.05) is 6.07 Å². The molecule has 0 atom stereocenters. The second kappa shape index (κ2) is 11.7. The van der Waals surface area contributed by atoms with E-state index in [2.05, 4.69) is 0 Å². The lowest BCUT2D eigenvalue weighted by Crippen LogP contribution is -2.34. The van der Waals surface area contributed by atoms with Crippen LogP contribution in [-0.4, -0.2) is 37.9 Å². The largest absolute Gasteiger partial charge is 0.465 e. The zero-order chi connectivity index (χ0) is 30.3. The Kier molecular flexibility index (Phi) is 8.82. The van der Waals surface area contributed by atoms with Gasteiger partial charge in [0.25, 0.3) is 15.9 Å². The molecule has 0 bridgehead atoms. The third kappa shape index (κ3) is 5.85. The van der Waals surface area contributed by atoms with Crippen molar-refractivity contribution in [2.45, 2.75) is 35.8 Å². The number of fused-ring (bicyclic) bond motifs is 1. The van der Waals surface area contributed by atoms with Gasteiger partial charge in [-0.2, -0.15) is 4.31 Å². The lowest BCUT2D eigenvalue weighted by molar-refractivity contribution is -0.151. The first-order valence-corrected chi connectivity index (χ1v) is 14.8. The first-order chi connectivity index (χ1) is 19.2. The van der Waals surface area contributed by atoms with Gasteiger partial charge >= 0.3 is 16.5 Å². The van der Waals surface area contributed by atoms with E-state index in [9.17, 15) is 22.8 Å². The van der Waals surface area contributed by atoms with Crippen LogP contribution in [0.5, 0.6) is 5.75 Å². The Labute approximate surface area is 255 Å². The summed E-state index contributed by atoms with van der Waals surface area (Å²) in [6, 6.07) is 13.5. The Hall–Kier alpha value is -3.02. The van der Waals surface area contributed by atoms with E-state index < -0.39 is 48.2 Å². The van der Waals surface area contributed by atoms with Gasteiger partial charge in [0.05, 0.1) is 34.0 Å². The van der Waals surface area contributed by atoms with Crippen molar-refractivity contribution in [2.75, 3.05) is 11.4 Å². The number of hydrogen-bond acceptors (Lipinski definition) is 8. The quantitative estimate of drug-likeness (QED) is 0.198. The number of anilines is 1. The molecule has 0 fully saturated rings. The minimum atomic E-state index is -4.61. The van der Waals surface area contributed by atoms with Gasteiger partial charge < -0.3 is 14.2 Å². The van der Waals surface area contributed by atoms with Crippen molar-refractivity contribution >= 4 is 80.0 Å². The third-order valence-electron chi connectivity index (χ3n) is 6.02. The molecule has 0 aromatic heterocycles. The molecule has 9 nitrogen and oxygen atoms in total. The number of carbonyl (C=O) groups is 3. The molecule has 1 heterocycles. The number of benzene rings is 3. The Balaban J connectivity index is 1.74. The Morgan fingerprint density at radius 3 is 2.29 bits per heavy atom. The molecule has 3 aromatic carbocycles. The second-order valence-electron chi connectivity index (χ2n) is 9.04. The fourth-order valence-electron chi connectivity index (χ4n) is 4.09. The van der Waals surface area contributed by atoms with E-state index in [1.54, 1.807) is 44.2 Å². The van der Waals surface area contributed by atoms with Crippen LogP contribution < -0.4 is 9.04 Å². The average molecular weight is 661 g/mol. The van der Waals surface area contributed by atoms with E-state index in [0.29, 0.717) is 9.87 Å². The number of amides is 1. The lowest BCUT2D eigenvalue weighted by atomic mass is 9.96. The number of alkyl halides is 2. The maximum atomic E-state index is 13.8. The summed E-state index contributed by atoms with van der Waals surface area (Å²) >= 11 is 24.8. The summed E-state index contributed by atoms with van der Waals surface area (Å²) in [6.07, 6.45) is 0. The minimum Gasteiger partial charge on any atom is -0.465 e.